The number of anilines is 1. The highest BCUT2D eigenvalue weighted by atomic mass is 32.2. The van der Waals surface area contributed by atoms with Gasteiger partial charge in [0.15, 0.2) is 11.5 Å². The summed E-state index contributed by atoms with van der Waals surface area (Å²) < 4.78 is 44.4. The smallest absolute Gasteiger partial charge is 0.282 e. The highest BCUT2D eigenvalue weighted by molar-refractivity contribution is 7.86. The van der Waals surface area contributed by atoms with Crippen LogP contribution in [0.25, 0.3) is 0 Å². The second-order valence-corrected chi connectivity index (χ2v) is 8.92. The van der Waals surface area contributed by atoms with Gasteiger partial charge in [-0.25, -0.2) is 0 Å². The van der Waals surface area contributed by atoms with E-state index in [-0.39, 0.29) is 19.9 Å². The molecule has 2 aliphatic rings. The molecule has 0 aliphatic carbocycles. The molecule has 10 heteroatoms. The fourth-order valence-electron chi connectivity index (χ4n) is 3.45. The molecule has 0 unspecified atom stereocenters. The number of fused-ring (bicyclic) bond motifs is 1. The van der Waals surface area contributed by atoms with Gasteiger partial charge in [0.2, 0.25) is 12.7 Å². The number of nitrogens with zero attached hydrogens (tertiary/aromatic N) is 2. The number of methoxy groups -OCH3 is 1. The van der Waals surface area contributed by atoms with Crippen LogP contribution in [-0.4, -0.2) is 56.5 Å². The van der Waals surface area contributed by atoms with Crippen molar-refractivity contribution in [3.8, 4) is 17.2 Å². The molecule has 30 heavy (non-hydrogen) atoms. The molecule has 4 rings (SSSR count). The van der Waals surface area contributed by atoms with E-state index in [0.717, 1.165) is 5.56 Å². The molecule has 2 aliphatic heterocycles. The summed E-state index contributed by atoms with van der Waals surface area (Å²) in [7, 11) is -2.19. The van der Waals surface area contributed by atoms with Gasteiger partial charge in [-0.3, -0.25) is 4.79 Å². The summed E-state index contributed by atoms with van der Waals surface area (Å²) in [5.41, 5.74) is 1.34. The zero-order valence-corrected chi connectivity index (χ0v) is 17.4. The maximum atomic E-state index is 13.0. The third-order valence-electron chi connectivity index (χ3n) is 4.94. The van der Waals surface area contributed by atoms with Gasteiger partial charge in [-0.05, 0) is 36.2 Å². The van der Waals surface area contributed by atoms with Crippen LogP contribution in [0.1, 0.15) is 12.0 Å². The van der Waals surface area contributed by atoms with E-state index >= 15 is 0 Å². The molecule has 0 saturated carbocycles. The van der Waals surface area contributed by atoms with Crippen LogP contribution in [0.15, 0.2) is 42.5 Å². The van der Waals surface area contributed by atoms with Gasteiger partial charge in [0.05, 0.1) is 13.7 Å². The lowest BCUT2D eigenvalue weighted by atomic mass is 10.2. The fraction of sp³-hybridized carbons (Fsp3) is 0.350. The van der Waals surface area contributed by atoms with Gasteiger partial charge in [-0.1, -0.05) is 12.1 Å². The minimum atomic E-state index is -3.76. The van der Waals surface area contributed by atoms with Crippen LogP contribution < -0.4 is 19.5 Å². The Bertz CT molecular complexity index is 1040. The number of nitrogens with one attached hydrogen (secondary N) is 1. The molecule has 2 aromatic carbocycles. The van der Waals surface area contributed by atoms with Crippen LogP contribution in [0.4, 0.5) is 5.69 Å². The number of carbonyl (C=O) groups is 1. The van der Waals surface area contributed by atoms with Gasteiger partial charge in [0, 0.05) is 31.4 Å². The molecule has 0 atom stereocenters. The van der Waals surface area contributed by atoms with E-state index in [4.69, 9.17) is 14.2 Å². The Kier molecular flexibility index (Phi) is 5.80. The summed E-state index contributed by atoms with van der Waals surface area (Å²) in [6.45, 7) is 0.804. The normalized spacial score (nSPS) is 18.2. The van der Waals surface area contributed by atoms with E-state index in [1.54, 1.807) is 37.4 Å². The Hall–Kier alpha value is -2.82. The van der Waals surface area contributed by atoms with Crippen LogP contribution in [0, 0.1) is 0 Å². The van der Waals surface area contributed by atoms with Gasteiger partial charge < -0.3 is 19.5 Å². The lowest BCUT2D eigenvalue weighted by Crippen LogP contribution is -2.51. The molecule has 160 valence electrons. The Morgan fingerprint density at radius 2 is 1.90 bits per heavy atom. The van der Waals surface area contributed by atoms with Crippen molar-refractivity contribution in [2.75, 3.05) is 38.9 Å². The molecule has 0 aromatic heterocycles. The van der Waals surface area contributed by atoms with Gasteiger partial charge in [0.1, 0.15) is 5.75 Å². The minimum Gasteiger partial charge on any atom is -0.497 e. The van der Waals surface area contributed by atoms with Crippen LogP contribution >= 0.6 is 0 Å². The molecule has 1 amide bonds. The summed E-state index contributed by atoms with van der Waals surface area (Å²) >= 11 is 0. The first-order chi connectivity index (χ1) is 14.5. The van der Waals surface area contributed by atoms with Gasteiger partial charge >= 0.3 is 0 Å². The van der Waals surface area contributed by atoms with Crippen LogP contribution in [-0.2, 0) is 21.5 Å². The van der Waals surface area contributed by atoms with Crippen molar-refractivity contribution < 1.29 is 27.4 Å². The second-order valence-electron chi connectivity index (χ2n) is 7.00. The van der Waals surface area contributed by atoms with Crippen LogP contribution in [0.3, 0.4) is 0 Å². The largest absolute Gasteiger partial charge is 0.497 e. The predicted octanol–water partition coefficient (Wildman–Crippen LogP) is 1.82. The number of amides is 1. The first-order valence-corrected chi connectivity index (χ1v) is 10.9. The third-order valence-corrected chi connectivity index (χ3v) is 6.87. The zero-order chi connectivity index (χ0) is 21.1. The van der Waals surface area contributed by atoms with Crippen molar-refractivity contribution in [1.29, 1.82) is 0 Å². The Morgan fingerprint density at radius 3 is 2.73 bits per heavy atom. The maximum Gasteiger partial charge on any atom is 0.282 e. The van der Waals surface area contributed by atoms with E-state index in [0.29, 0.717) is 42.4 Å². The predicted molar refractivity (Wildman–Crippen MR) is 110 cm³/mol. The van der Waals surface area contributed by atoms with E-state index in [1.165, 1.54) is 8.61 Å². The number of hydrogen-bond acceptors (Lipinski definition) is 6. The average Bonchev–Trinajstić information content (AvgIpc) is 3.19. The highest BCUT2D eigenvalue weighted by Gasteiger charge is 2.34. The summed E-state index contributed by atoms with van der Waals surface area (Å²) in [6.07, 6.45) is 0.639. The molecule has 1 saturated heterocycles. The molecule has 0 spiro atoms. The van der Waals surface area contributed by atoms with E-state index < -0.39 is 16.1 Å². The zero-order valence-electron chi connectivity index (χ0n) is 16.5. The minimum absolute atomic E-state index is 0.141. The summed E-state index contributed by atoms with van der Waals surface area (Å²) in [6, 6.07) is 12.3. The van der Waals surface area contributed by atoms with Crippen molar-refractivity contribution in [1.82, 2.24) is 8.61 Å². The maximum absolute atomic E-state index is 13.0. The molecule has 0 radical (unpaired) electrons. The van der Waals surface area contributed by atoms with Crippen molar-refractivity contribution in [3.63, 3.8) is 0 Å². The SMILES string of the molecule is COc1cccc(CN2CCCN(CC(=O)Nc3ccc4c(c3)OCO4)S2(=O)=O)c1. The Balaban J connectivity index is 1.41. The van der Waals surface area contributed by atoms with Crippen molar-refractivity contribution >= 4 is 21.8 Å². The number of rotatable bonds is 6. The number of benzene rings is 2. The van der Waals surface area contributed by atoms with E-state index in [9.17, 15) is 13.2 Å². The summed E-state index contributed by atoms with van der Waals surface area (Å²) in [5, 5.41) is 2.72. The van der Waals surface area contributed by atoms with Crippen molar-refractivity contribution in [2.45, 2.75) is 13.0 Å². The van der Waals surface area contributed by atoms with Crippen molar-refractivity contribution in [2.24, 2.45) is 0 Å². The molecule has 0 bridgehead atoms. The monoisotopic (exact) mass is 433 g/mol. The number of hydrogen-bond donors (Lipinski definition) is 1. The topological polar surface area (TPSA) is 97.4 Å². The number of ether oxygens (including phenoxy) is 3. The Labute approximate surface area is 175 Å². The lowest BCUT2D eigenvalue weighted by molar-refractivity contribution is -0.116. The van der Waals surface area contributed by atoms with Gasteiger partial charge in [-0.2, -0.15) is 17.0 Å². The molecule has 2 heterocycles. The van der Waals surface area contributed by atoms with E-state index in [1.807, 2.05) is 12.1 Å². The molecule has 1 N–H and O–H groups in total. The average molecular weight is 433 g/mol. The van der Waals surface area contributed by atoms with Gasteiger partial charge in [-0.15, -0.1) is 0 Å². The number of carbonyl (C=O) groups excluding carboxylic acids is 1. The van der Waals surface area contributed by atoms with Gasteiger partial charge in [0.25, 0.3) is 10.2 Å². The van der Waals surface area contributed by atoms with Crippen molar-refractivity contribution in [3.05, 3.63) is 48.0 Å². The standard InChI is InChI=1S/C20H23N3O6S/c1-27-17-5-2-4-15(10-17)12-22-8-3-9-23(30(22,25)26)13-20(24)21-16-6-7-18-19(11-16)29-14-28-18/h2,4-7,10-11H,3,8-9,12-14H2,1H3,(H,21,24). The highest BCUT2D eigenvalue weighted by Crippen LogP contribution is 2.34. The van der Waals surface area contributed by atoms with Crippen LogP contribution in [0.2, 0.25) is 0 Å². The molecular weight excluding hydrogens is 410 g/mol. The first-order valence-electron chi connectivity index (χ1n) is 9.53. The summed E-state index contributed by atoms with van der Waals surface area (Å²) in [5.74, 6) is 1.41. The Morgan fingerprint density at radius 1 is 1.10 bits per heavy atom. The molecule has 1 fully saturated rings. The first kappa shape index (κ1) is 20.5. The van der Waals surface area contributed by atoms with Crippen LogP contribution in [0.5, 0.6) is 17.2 Å². The molecular formula is C20H23N3O6S. The summed E-state index contributed by atoms with van der Waals surface area (Å²) in [4.78, 5) is 12.5. The van der Waals surface area contributed by atoms with E-state index in [2.05, 4.69) is 5.32 Å². The fourth-order valence-corrected chi connectivity index (χ4v) is 5.09. The quantitative estimate of drug-likeness (QED) is 0.746. The lowest BCUT2D eigenvalue weighted by Gasteiger charge is -2.34. The molecule has 9 nitrogen and oxygen atoms in total. The third kappa shape index (κ3) is 4.35. The molecule has 2 aromatic rings. The second kappa shape index (κ2) is 8.50.